The molecule has 0 aliphatic carbocycles. The Labute approximate surface area is 110 Å². The van der Waals surface area contributed by atoms with E-state index in [4.69, 9.17) is 4.74 Å². The van der Waals surface area contributed by atoms with Gasteiger partial charge >= 0.3 is 0 Å². The summed E-state index contributed by atoms with van der Waals surface area (Å²) >= 11 is 0. The van der Waals surface area contributed by atoms with Crippen LogP contribution in [0, 0.1) is 0 Å². The van der Waals surface area contributed by atoms with E-state index in [9.17, 15) is 0 Å². The van der Waals surface area contributed by atoms with Gasteiger partial charge in [0.1, 0.15) is 5.75 Å². The van der Waals surface area contributed by atoms with Gasteiger partial charge in [-0.25, -0.2) is 0 Å². The molecule has 1 N–H and O–H groups in total. The van der Waals surface area contributed by atoms with E-state index in [1.165, 1.54) is 18.7 Å². The van der Waals surface area contributed by atoms with Crippen molar-refractivity contribution in [2.45, 2.75) is 6.42 Å². The lowest BCUT2D eigenvalue weighted by Gasteiger charge is -2.24. The summed E-state index contributed by atoms with van der Waals surface area (Å²) in [4.78, 5) is 4.82. The van der Waals surface area contributed by atoms with Gasteiger partial charge < -0.3 is 19.9 Å². The van der Waals surface area contributed by atoms with Crippen LogP contribution in [0.2, 0.25) is 0 Å². The molecule has 0 atom stereocenters. The number of ether oxygens (including phenoxy) is 1. The molecule has 1 aliphatic rings. The van der Waals surface area contributed by atoms with Crippen molar-refractivity contribution < 1.29 is 4.74 Å². The standard InChI is InChI=1S/C14H23N3O/c1-15-13-6-5-12(11-14(13)18-3)17-8-4-7-16(2)9-10-17/h5-6,11,15H,4,7-10H2,1-3H3. The van der Waals surface area contributed by atoms with Gasteiger partial charge in [0.2, 0.25) is 0 Å². The summed E-state index contributed by atoms with van der Waals surface area (Å²) in [5.74, 6) is 0.910. The van der Waals surface area contributed by atoms with E-state index in [1.54, 1.807) is 7.11 Å². The Balaban J connectivity index is 2.17. The number of hydrogen-bond acceptors (Lipinski definition) is 4. The molecule has 1 aliphatic heterocycles. The van der Waals surface area contributed by atoms with Crippen molar-refractivity contribution in [2.75, 3.05) is 57.6 Å². The molecule has 1 saturated heterocycles. The van der Waals surface area contributed by atoms with Crippen LogP contribution in [0.1, 0.15) is 6.42 Å². The van der Waals surface area contributed by atoms with E-state index in [-0.39, 0.29) is 0 Å². The molecule has 1 aromatic rings. The number of nitrogens with zero attached hydrogens (tertiary/aromatic N) is 2. The Morgan fingerprint density at radius 2 is 2.00 bits per heavy atom. The number of nitrogens with one attached hydrogen (secondary N) is 1. The average Bonchev–Trinajstić information content (AvgIpc) is 2.62. The summed E-state index contributed by atoms with van der Waals surface area (Å²) in [5, 5.41) is 3.14. The minimum atomic E-state index is 0.910. The van der Waals surface area contributed by atoms with Gasteiger partial charge in [-0.3, -0.25) is 0 Å². The molecule has 100 valence electrons. The zero-order valence-electron chi connectivity index (χ0n) is 11.6. The lowest BCUT2D eigenvalue weighted by Crippen LogP contribution is -2.28. The van der Waals surface area contributed by atoms with Crippen LogP contribution in [0.5, 0.6) is 5.75 Å². The van der Waals surface area contributed by atoms with Crippen molar-refractivity contribution in [1.82, 2.24) is 4.90 Å². The van der Waals surface area contributed by atoms with Gasteiger partial charge in [0.25, 0.3) is 0 Å². The second kappa shape index (κ2) is 5.96. The van der Waals surface area contributed by atoms with Crippen molar-refractivity contribution in [3.8, 4) is 5.75 Å². The van der Waals surface area contributed by atoms with Crippen LogP contribution >= 0.6 is 0 Å². The zero-order chi connectivity index (χ0) is 13.0. The highest BCUT2D eigenvalue weighted by Gasteiger charge is 2.14. The largest absolute Gasteiger partial charge is 0.495 e. The fourth-order valence-electron chi connectivity index (χ4n) is 2.39. The van der Waals surface area contributed by atoms with E-state index < -0.39 is 0 Å². The second-order valence-electron chi connectivity index (χ2n) is 4.78. The molecular weight excluding hydrogens is 226 g/mol. The first-order valence-electron chi connectivity index (χ1n) is 6.54. The Morgan fingerprint density at radius 1 is 1.17 bits per heavy atom. The van der Waals surface area contributed by atoms with Crippen LogP contribution in [-0.2, 0) is 0 Å². The summed E-state index contributed by atoms with van der Waals surface area (Å²) in [6.45, 7) is 4.50. The second-order valence-corrected chi connectivity index (χ2v) is 4.78. The first-order valence-corrected chi connectivity index (χ1v) is 6.54. The predicted octanol–water partition coefficient (Wildman–Crippen LogP) is 1.88. The Hall–Kier alpha value is -1.42. The van der Waals surface area contributed by atoms with Crippen LogP contribution < -0.4 is 15.0 Å². The topological polar surface area (TPSA) is 27.7 Å². The third-order valence-corrected chi connectivity index (χ3v) is 3.54. The van der Waals surface area contributed by atoms with Crippen molar-refractivity contribution in [1.29, 1.82) is 0 Å². The van der Waals surface area contributed by atoms with Crippen LogP contribution in [0.3, 0.4) is 0 Å². The number of anilines is 2. The lowest BCUT2D eigenvalue weighted by atomic mass is 10.2. The maximum Gasteiger partial charge on any atom is 0.144 e. The first kappa shape index (κ1) is 13.0. The van der Waals surface area contributed by atoms with Gasteiger partial charge in [0.05, 0.1) is 12.8 Å². The normalized spacial score (nSPS) is 17.4. The highest BCUT2D eigenvalue weighted by Crippen LogP contribution is 2.29. The number of rotatable bonds is 3. The van der Waals surface area contributed by atoms with E-state index in [0.29, 0.717) is 0 Å². The Bertz CT molecular complexity index is 395. The van der Waals surface area contributed by atoms with Crippen LogP contribution in [0.15, 0.2) is 18.2 Å². The zero-order valence-corrected chi connectivity index (χ0v) is 11.6. The fourth-order valence-corrected chi connectivity index (χ4v) is 2.39. The molecule has 0 amide bonds. The maximum atomic E-state index is 5.42. The quantitative estimate of drug-likeness (QED) is 0.885. The van der Waals surface area contributed by atoms with Gasteiger partial charge in [0, 0.05) is 38.4 Å². The number of likely N-dealkylation sites (N-methyl/N-ethyl adjacent to an activating group) is 1. The minimum Gasteiger partial charge on any atom is -0.495 e. The monoisotopic (exact) mass is 249 g/mol. The predicted molar refractivity (Wildman–Crippen MR) is 76.9 cm³/mol. The van der Waals surface area contributed by atoms with Gasteiger partial charge in [-0.2, -0.15) is 0 Å². The molecule has 0 aromatic heterocycles. The van der Waals surface area contributed by atoms with Crippen molar-refractivity contribution >= 4 is 11.4 Å². The smallest absolute Gasteiger partial charge is 0.144 e. The molecule has 0 saturated carbocycles. The molecule has 2 rings (SSSR count). The number of methoxy groups -OCH3 is 1. The molecule has 4 heteroatoms. The summed E-state index contributed by atoms with van der Waals surface area (Å²) in [5.41, 5.74) is 2.29. The lowest BCUT2D eigenvalue weighted by molar-refractivity contribution is 0.360. The molecule has 4 nitrogen and oxygen atoms in total. The highest BCUT2D eigenvalue weighted by molar-refractivity contribution is 5.64. The van der Waals surface area contributed by atoms with Crippen molar-refractivity contribution in [3.05, 3.63) is 18.2 Å². The van der Waals surface area contributed by atoms with E-state index in [1.807, 2.05) is 7.05 Å². The first-order chi connectivity index (χ1) is 8.74. The van der Waals surface area contributed by atoms with Gasteiger partial charge in [-0.1, -0.05) is 0 Å². The molecule has 0 bridgehead atoms. The van der Waals surface area contributed by atoms with E-state index in [0.717, 1.165) is 31.1 Å². The molecule has 1 aromatic carbocycles. The molecule has 1 fully saturated rings. The van der Waals surface area contributed by atoms with Gasteiger partial charge in [-0.15, -0.1) is 0 Å². The Morgan fingerprint density at radius 3 is 2.72 bits per heavy atom. The summed E-state index contributed by atoms with van der Waals surface area (Å²) in [7, 11) is 5.82. The van der Waals surface area contributed by atoms with E-state index >= 15 is 0 Å². The number of benzene rings is 1. The summed E-state index contributed by atoms with van der Waals surface area (Å²) in [6.07, 6.45) is 1.21. The molecular formula is C14H23N3O. The molecule has 0 unspecified atom stereocenters. The average molecular weight is 249 g/mol. The minimum absolute atomic E-state index is 0.910. The molecule has 18 heavy (non-hydrogen) atoms. The van der Waals surface area contributed by atoms with Crippen molar-refractivity contribution in [2.24, 2.45) is 0 Å². The van der Waals surface area contributed by atoms with Crippen LogP contribution in [-0.4, -0.2) is 52.3 Å². The summed E-state index contributed by atoms with van der Waals surface area (Å²) in [6, 6.07) is 6.37. The van der Waals surface area contributed by atoms with Gasteiger partial charge in [-0.05, 0) is 32.1 Å². The third-order valence-electron chi connectivity index (χ3n) is 3.54. The SMILES string of the molecule is CNc1ccc(N2CCCN(C)CC2)cc1OC. The van der Waals surface area contributed by atoms with E-state index in [2.05, 4.69) is 40.4 Å². The maximum absolute atomic E-state index is 5.42. The fraction of sp³-hybridized carbons (Fsp3) is 0.571. The molecule has 1 heterocycles. The third kappa shape index (κ3) is 2.88. The van der Waals surface area contributed by atoms with Crippen LogP contribution in [0.4, 0.5) is 11.4 Å². The highest BCUT2D eigenvalue weighted by atomic mass is 16.5. The molecule has 0 radical (unpaired) electrons. The Kier molecular flexibility index (Phi) is 4.31. The molecule has 0 spiro atoms. The van der Waals surface area contributed by atoms with Crippen LogP contribution in [0.25, 0.3) is 0 Å². The summed E-state index contributed by atoms with van der Waals surface area (Å²) < 4.78 is 5.42. The number of hydrogen-bond donors (Lipinski definition) is 1. The van der Waals surface area contributed by atoms with Crippen molar-refractivity contribution in [3.63, 3.8) is 0 Å². The van der Waals surface area contributed by atoms with Gasteiger partial charge in [0.15, 0.2) is 0 Å².